The highest BCUT2D eigenvalue weighted by molar-refractivity contribution is 6.35. The monoisotopic (exact) mass is 390 g/mol. The average Bonchev–Trinajstić information content (AvgIpc) is 2.62. The van der Waals surface area contributed by atoms with Gasteiger partial charge < -0.3 is 9.15 Å². The van der Waals surface area contributed by atoms with Crippen LogP contribution in [-0.4, -0.2) is 6.73 Å². The van der Waals surface area contributed by atoms with E-state index in [0.717, 1.165) is 27.8 Å². The van der Waals surface area contributed by atoms with Gasteiger partial charge in [0.15, 0.2) is 5.58 Å². The largest absolute Gasteiger partial charge is 0.445 e. The molecule has 4 nitrogen and oxygen atoms in total. The van der Waals surface area contributed by atoms with E-state index in [1.165, 1.54) is 4.90 Å². The molecule has 1 aliphatic rings. The number of hydrogen-bond acceptors (Lipinski definition) is 3. The number of halogens is 2. The lowest BCUT2D eigenvalue weighted by molar-refractivity contribution is -0.945. The second-order valence-corrected chi connectivity index (χ2v) is 7.53. The zero-order valence-corrected chi connectivity index (χ0v) is 16.0. The summed E-state index contributed by atoms with van der Waals surface area (Å²) in [7, 11) is 0. The van der Waals surface area contributed by atoms with Crippen LogP contribution in [0, 0.1) is 13.8 Å². The van der Waals surface area contributed by atoms with Crippen LogP contribution in [0.4, 0.5) is 0 Å². The minimum Gasteiger partial charge on any atom is -0.445 e. The van der Waals surface area contributed by atoms with E-state index in [4.69, 9.17) is 32.4 Å². The van der Waals surface area contributed by atoms with Crippen LogP contribution in [0.15, 0.2) is 39.5 Å². The topological polar surface area (TPSA) is 43.9 Å². The molecule has 1 aliphatic heterocycles. The van der Waals surface area contributed by atoms with Gasteiger partial charge in [-0.1, -0.05) is 29.3 Å². The molecule has 0 aliphatic carbocycles. The second-order valence-electron chi connectivity index (χ2n) is 6.69. The number of rotatable bonds is 2. The molecule has 0 saturated heterocycles. The molecule has 3 aromatic rings. The molecule has 2 heterocycles. The van der Waals surface area contributed by atoms with Crippen molar-refractivity contribution in [2.45, 2.75) is 26.9 Å². The molecule has 2 aromatic carbocycles. The van der Waals surface area contributed by atoms with E-state index in [2.05, 4.69) is 0 Å². The Balaban J connectivity index is 1.72. The first-order valence-corrected chi connectivity index (χ1v) is 9.16. The third kappa shape index (κ3) is 2.98. The zero-order chi connectivity index (χ0) is 18.4. The highest BCUT2D eigenvalue weighted by Gasteiger charge is 2.26. The molecular weight excluding hydrogens is 373 g/mol. The smallest absolute Gasteiger partial charge is 0.339 e. The summed E-state index contributed by atoms with van der Waals surface area (Å²) in [6.07, 6.45) is 0. The van der Waals surface area contributed by atoms with E-state index in [9.17, 15) is 4.79 Å². The fourth-order valence-corrected chi connectivity index (χ4v) is 3.85. The molecular formula is C20H18Cl2NO3+. The fraction of sp³-hybridized carbons (Fsp3) is 0.250. The van der Waals surface area contributed by atoms with Crippen molar-refractivity contribution in [3.05, 3.63) is 73.1 Å². The fourth-order valence-electron chi connectivity index (χ4n) is 3.38. The number of nitrogens with one attached hydrogen (secondary N) is 1. The van der Waals surface area contributed by atoms with E-state index in [1.807, 2.05) is 31.2 Å². The SMILES string of the molecule is Cc1c(C)c2ccc3c(c2oc1=O)C[NH+](Cc1ccc(Cl)cc1Cl)CO3. The minimum atomic E-state index is -0.295. The number of aryl methyl sites for hydroxylation is 1. The predicted octanol–water partition coefficient (Wildman–Crippen LogP) is 3.65. The molecule has 1 N–H and O–H groups in total. The third-order valence-electron chi connectivity index (χ3n) is 5.00. The highest BCUT2D eigenvalue weighted by Crippen LogP contribution is 2.30. The minimum absolute atomic E-state index is 0.295. The lowest BCUT2D eigenvalue weighted by Gasteiger charge is -2.27. The number of hydrogen-bond donors (Lipinski definition) is 1. The zero-order valence-electron chi connectivity index (χ0n) is 14.5. The van der Waals surface area contributed by atoms with Crippen LogP contribution < -0.4 is 15.3 Å². The van der Waals surface area contributed by atoms with Crippen molar-refractivity contribution < 1.29 is 14.1 Å². The third-order valence-corrected chi connectivity index (χ3v) is 5.59. The summed E-state index contributed by atoms with van der Waals surface area (Å²) in [6.45, 7) is 5.64. The van der Waals surface area contributed by atoms with Gasteiger partial charge in [0, 0.05) is 21.5 Å². The first-order chi connectivity index (χ1) is 12.4. The Hall–Kier alpha value is -2.01. The van der Waals surface area contributed by atoms with Gasteiger partial charge in [-0.15, -0.1) is 0 Å². The van der Waals surface area contributed by atoms with Gasteiger partial charge in [0.2, 0.25) is 6.73 Å². The number of ether oxygens (including phenoxy) is 1. The second kappa shape index (κ2) is 6.62. The summed E-state index contributed by atoms with van der Waals surface area (Å²) < 4.78 is 11.5. The average molecular weight is 391 g/mol. The Morgan fingerprint density at radius 3 is 2.69 bits per heavy atom. The van der Waals surface area contributed by atoms with E-state index < -0.39 is 0 Å². The van der Waals surface area contributed by atoms with Gasteiger partial charge >= 0.3 is 5.63 Å². The van der Waals surface area contributed by atoms with Gasteiger partial charge in [-0.05, 0) is 43.7 Å². The van der Waals surface area contributed by atoms with Crippen molar-refractivity contribution in [2.75, 3.05) is 6.73 Å². The van der Waals surface area contributed by atoms with Crippen LogP contribution in [0.1, 0.15) is 22.3 Å². The van der Waals surface area contributed by atoms with Gasteiger partial charge in [0.25, 0.3) is 0 Å². The van der Waals surface area contributed by atoms with Crippen molar-refractivity contribution in [3.63, 3.8) is 0 Å². The van der Waals surface area contributed by atoms with Gasteiger partial charge in [-0.3, -0.25) is 4.90 Å². The Bertz CT molecular complexity index is 1070. The molecule has 0 bridgehead atoms. The van der Waals surface area contributed by atoms with Crippen LogP contribution in [0.25, 0.3) is 11.0 Å². The van der Waals surface area contributed by atoms with Crippen LogP contribution in [-0.2, 0) is 13.1 Å². The van der Waals surface area contributed by atoms with Crippen molar-refractivity contribution in [3.8, 4) is 5.75 Å². The van der Waals surface area contributed by atoms with Crippen LogP contribution in [0.5, 0.6) is 5.75 Å². The molecule has 0 spiro atoms. The Morgan fingerprint density at radius 1 is 1.12 bits per heavy atom. The molecule has 1 aromatic heterocycles. The molecule has 0 fully saturated rings. The van der Waals surface area contributed by atoms with Crippen LogP contribution in [0.3, 0.4) is 0 Å². The maximum atomic E-state index is 12.1. The molecule has 134 valence electrons. The molecule has 1 atom stereocenters. The number of quaternary nitrogens is 1. The molecule has 4 rings (SSSR count). The van der Waals surface area contributed by atoms with Gasteiger partial charge in [-0.25, -0.2) is 4.79 Å². The molecule has 26 heavy (non-hydrogen) atoms. The molecule has 1 unspecified atom stereocenters. The first-order valence-electron chi connectivity index (χ1n) is 8.40. The number of benzene rings is 2. The van der Waals surface area contributed by atoms with Crippen molar-refractivity contribution in [1.29, 1.82) is 0 Å². The Morgan fingerprint density at radius 2 is 1.92 bits per heavy atom. The Kier molecular flexibility index (Phi) is 4.43. The summed E-state index contributed by atoms with van der Waals surface area (Å²) in [5, 5.41) is 2.22. The Labute approximate surface area is 160 Å². The van der Waals surface area contributed by atoms with Crippen LogP contribution >= 0.6 is 23.2 Å². The summed E-state index contributed by atoms with van der Waals surface area (Å²) >= 11 is 12.3. The van der Waals surface area contributed by atoms with E-state index in [1.54, 1.807) is 13.0 Å². The standard InChI is InChI=1S/C20H17Cl2NO3/c1-11-12(2)20(24)26-19-15(11)5-6-18-16(19)9-23(10-25-18)8-13-3-4-14(21)7-17(13)22/h3-7H,8-10H2,1-2H3/p+1. The molecule has 0 radical (unpaired) electrons. The molecule has 0 amide bonds. The summed E-state index contributed by atoms with van der Waals surface area (Å²) in [5.41, 5.74) is 3.85. The van der Waals surface area contributed by atoms with E-state index in [0.29, 0.717) is 41.0 Å². The number of fused-ring (bicyclic) bond motifs is 3. The van der Waals surface area contributed by atoms with Crippen molar-refractivity contribution in [1.82, 2.24) is 0 Å². The maximum Gasteiger partial charge on any atom is 0.339 e. The maximum absolute atomic E-state index is 12.1. The van der Waals surface area contributed by atoms with Crippen molar-refractivity contribution >= 4 is 34.2 Å². The summed E-state index contributed by atoms with van der Waals surface area (Å²) in [6, 6.07) is 9.43. The quantitative estimate of drug-likeness (QED) is 0.679. The first kappa shape index (κ1) is 17.4. The normalized spacial score (nSPS) is 16.4. The lowest BCUT2D eigenvalue weighted by Crippen LogP contribution is -3.10. The predicted molar refractivity (Wildman–Crippen MR) is 102 cm³/mol. The van der Waals surface area contributed by atoms with Gasteiger partial charge in [-0.2, -0.15) is 0 Å². The van der Waals surface area contributed by atoms with E-state index >= 15 is 0 Å². The van der Waals surface area contributed by atoms with Gasteiger partial charge in [0.05, 0.1) is 10.6 Å². The van der Waals surface area contributed by atoms with E-state index in [-0.39, 0.29) is 5.63 Å². The lowest BCUT2D eigenvalue weighted by atomic mass is 10.0. The highest BCUT2D eigenvalue weighted by atomic mass is 35.5. The van der Waals surface area contributed by atoms with Gasteiger partial charge in [0.1, 0.15) is 18.8 Å². The summed E-state index contributed by atoms with van der Waals surface area (Å²) in [4.78, 5) is 13.3. The molecule has 0 saturated carbocycles. The summed E-state index contributed by atoms with van der Waals surface area (Å²) in [5.74, 6) is 0.773. The molecule has 6 heteroatoms. The van der Waals surface area contributed by atoms with Crippen LogP contribution in [0.2, 0.25) is 10.0 Å². The van der Waals surface area contributed by atoms with Crippen molar-refractivity contribution in [2.24, 2.45) is 0 Å².